The van der Waals surface area contributed by atoms with Crippen LogP contribution in [0, 0.1) is 11.8 Å². The number of ether oxygens (including phenoxy) is 1. The van der Waals surface area contributed by atoms with E-state index in [9.17, 15) is 4.79 Å². The molecule has 1 aromatic carbocycles. The first-order valence-corrected chi connectivity index (χ1v) is 6.75. The fourth-order valence-electron chi connectivity index (χ4n) is 1.58. The molecule has 2 aromatic rings. The maximum absolute atomic E-state index is 12.2. The number of carbonyl (C=O) groups is 1. The molecule has 0 aliphatic heterocycles. The first kappa shape index (κ1) is 14.1. The van der Waals surface area contributed by atoms with Crippen molar-refractivity contribution in [2.24, 2.45) is 0 Å². The van der Waals surface area contributed by atoms with E-state index in [1.807, 2.05) is 0 Å². The highest BCUT2D eigenvalue weighted by Gasteiger charge is 2.12. The molecule has 0 radical (unpaired) electrons. The molecule has 2 N–H and O–H groups in total. The van der Waals surface area contributed by atoms with E-state index in [4.69, 9.17) is 9.84 Å². The summed E-state index contributed by atoms with van der Waals surface area (Å²) in [6.45, 7) is -0.227. The third-order valence-electron chi connectivity index (χ3n) is 2.52. The van der Waals surface area contributed by atoms with Crippen LogP contribution in [-0.4, -0.2) is 24.7 Å². The zero-order valence-corrected chi connectivity index (χ0v) is 11.7. The van der Waals surface area contributed by atoms with Crippen molar-refractivity contribution in [2.45, 2.75) is 0 Å². The van der Waals surface area contributed by atoms with E-state index in [2.05, 4.69) is 17.2 Å². The number of anilines is 1. The lowest BCUT2D eigenvalue weighted by atomic mass is 10.2. The van der Waals surface area contributed by atoms with Crippen molar-refractivity contribution in [3.8, 4) is 17.6 Å². The van der Waals surface area contributed by atoms with E-state index < -0.39 is 0 Å². The van der Waals surface area contributed by atoms with Crippen molar-refractivity contribution in [3.63, 3.8) is 0 Å². The minimum atomic E-state index is -0.227. The highest BCUT2D eigenvalue weighted by atomic mass is 32.1. The predicted molar refractivity (Wildman–Crippen MR) is 79.2 cm³/mol. The molecule has 0 spiro atoms. The van der Waals surface area contributed by atoms with Crippen LogP contribution in [0.2, 0.25) is 0 Å². The van der Waals surface area contributed by atoms with Crippen LogP contribution < -0.4 is 10.1 Å². The van der Waals surface area contributed by atoms with E-state index in [0.29, 0.717) is 16.1 Å². The van der Waals surface area contributed by atoms with Gasteiger partial charge in [0.05, 0.1) is 7.11 Å². The number of thiophene rings is 1. The van der Waals surface area contributed by atoms with Gasteiger partial charge in [0.2, 0.25) is 0 Å². The monoisotopic (exact) mass is 287 g/mol. The third kappa shape index (κ3) is 3.38. The van der Waals surface area contributed by atoms with Gasteiger partial charge in [0, 0.05) is 11.3 Å². The van der Waals surface area contributed by atoms with Gasteiger partial charge in [0.15, 0.2) is 0 Å². The molecule has 20 heavy (non-hydrogen) atoms. The van der Waals surface area contributed by atoms with E-state index in [1.165, 1.54) is 11.3 Å². The van der Waals surface area contributed by atoms with Crippen LogP contribution in [-0.2, 0) is 0 Å². The van der Waals surface area contributed by atoms with Crippen molar-refractivity contribution in [2.75, 3.05) is 19.0 Å². The smallest absolute Gasteiger partial charge is 0.267 e. The second-order valence-electron chi connectivity index (χ2n) is 3.81. The van der Waals surface area contributed by atoms with Crippen molar-refractivity contribution in [1.29, 1.82) is 0 Å². The molecule has 0 saturated carbocycles. The average Bonchev–Trinajstić information content (AvgIpc) is 2.94. The summed E-state index contributed by atoms with van der Waals surface area (Å²) in [4.78, 5) is 12.7. The Bertz CT molecular complexity index is 650. The topological polar surface area (TPSA) is 58.6 Å². The van der Waals surface area contributed by atoms with Gasteiger partial charge in [0.25, 0.3) is 5.91 Å². The quantitative estimate of drug-likeness (QED) is 0.852. The predicted octanol–water partition coefficient (Wildman–Crippen LogP) is 2.35. The standard InChI is InChI=1S/C15H13NO3S/c1-19-13-6-4-12(5-7-13)16-15(18)14-11(3-2-9-17)8-10-20-14/h4-8,10,17H,9H2,1H3,(H,16,18). The molecule has 4 nitrogen and oxygen atoms in total. The third-order valence-corrected chi connectivity index (χ3v) is 3.43. The number of aliphatic hydroxyl groups is 1. The summed E-state index contributed by atoms with van der Waals surface area (Å²) in [7, 11) is 1.59. The van der Waals surface area contributed by atoms with Crippen molar-refractivity contribution < 1.29 is 14.6 Å². The Labute approximate surface area is 121 Å². The van der Waals surface area contributed by atoms with Gasteiger partial charge in [-0.1, -0.05) is 11.8 Å². The molecule has 0 saturated heterocycles. The lowest BCUT2D eigenvalue weighted by Gasteiger charge is -2.05. The lowest BCUT2D eigenvalue weighted by Crippen LogP contribution is -2.11. The summed E-state index contributed by atoms with van der Waals surface area (Å²) in [6.07, 6.45) is 0. The average molecular weight is 287 g/mol. The molecule has 0 atom stereocenters. The number of methoxy groups -OCH3 is 1. The first-order valence-electron chi connectivity index (χ1n) is 5.87. The number of rotatable bonds is 3. The van der Waals surface area contributed by atoms with Crippen molar-refractivity contribution >= 4 is 22.9 Å². The van der Waals surface area contributed by atoms with Crippen LogP contribution in [0.25, 0.3) is 0 Å². The fourth-order valence-corrected chi connectivity index (χ4v) is 2.32. The minimum Gasteiger partial charge on any atom is -0.497 e. The molecule has 1 heterocycles. The second-order valence-corrected chi connectivity index (χ2v) is 4.72. The van der Waals surface area contributed by atoms with Crippen molar-refractivity contribution in [3.05, 3.63) is 46.2 Å². The number of benzene rings is 1. The Kier molecular flexibility index (Phi) is 4.77. The minimum absolute atomic E-state index is 0.215. The maximum Gasteiger partial charge on any atom is 0.267 e. The molecule has 102 valence electrons. The van der Waals surface area contributed by atoms with E-state index >= 15 is 0 Å². The number of aliphatic hydroxyl groups excluding tert-OH is 1. The molecule has 0 unspecified atom stereocenters. The summed E-state index contributed by atoms with van der Waals surface area (Å²) in [6, 6.07) is 8.84. The van der Waals surface area contributed by atoms with Crippen LogP contribution >= 0.6 is 11.3 Å². The lowest BCUT2D eigenvalue weighted by molar-refractivity contribution is 0.103. The molecule has 0 fully saturated rings. The SMILES string of the molecule is COc1ccc(NC(=O)c2sccc2C#CCO)cc1. The summed E-state index contributed by atoms with van der Waals surface area (Å²) in [5, 5.41) is 13.3. The van der Waals surface area contributed by atoms with Gasteiger partial charge >= 0.3 is 0 Å². The van der Waals surface area contributed by atoms with E-state index in [1.54, 1.807) is 42.8 Å². The summed E-state index contributed by atoms with van der Waals surface area (Å²) >= 11 is 1.31. The Balaban J connectivity index is 2.13. The van der Waals surface area contributed by atoms with Gasteiger partial charge in [-0.15, -0.1) is 11.3 Å². The second kappa shape index (κ2) is 6.75. The number of carbonyl (C=O) groups excluding carboxylic acids is 1. The molecule has 5 heteroatoms. The molecular weight excluding hydrogens is 274 g/mol. The molecule has 0 aliphatic rings. The molecule has 0 aliphatic carbocycles. The molecule has 1 amide bonds. The Morgan fingerprint density at radius 1 is 1.35 bits per heavy atom. The summed E-state index contributed by atoms with van der Waals surface area (Å²) < 4.78 is 5.06. The molecule has 0 bridgehead atoms. The number of nitrogens with one attached hydrogen (secondary N) is 1. The Morgan fingerprint density at radius 2 is 2.10 bits per heavy atom. The Hall–Kier alpha value is -2.29. The van der Waals surface area contributed by atoms with Crippen LogP contribution in [0.4, 0.5) is 5.69 Å². The molecule has 2 rings (SSSR count). The highest BCUT2D eigenvalue weighted by molar-refractivity contribution is 7.12. The van der Waals surface area contributed by atoms with Gasteiger partial charge in [-0.3, -0.25) is 4.79 Å². The highest BCUT2D eigenvalue weighted by Crippen LogP contribution is 2.19. The zero-order chi connectivity index (χ0) is 14.4. The van der Waals surface area contributed by atoms with Crippen LogP contribution in [0.15, 0.2) is 35.7 Å². The molecular formula is C15H13NO3S. The van der Waals surface area contributed by atoms with Crippen molar-refractivity contribution in [1.82, 2.24) is 0 Å². The maximum atomic E-state index is 12.2. The van der Waals surface area contributed by atoms with Crippen LogP contribution in [0.1, 0.15) is 15.2 Å². The van der Waals surface area contributed by atoms with Gasteiger partial charge in [-0.2, -0.15) is 0 Å². The van der Waals surface area contributed by atoms with E-state index in [0.717, 1.165) is 5.75 Å². The van der Waals surface area contributed by atoms with Gasteiger partial charge in [-0.25, -0.2) is 0 Å². The van der Waals surface area contributed by atoms with Crippen LogP contribution in [0.3, 0.4) is 0 Å². The number of hydrogen-bond acceptors (Lipinski definition) is 4. The summed E-state index contributed by atoms with van der Waals surface area (Å²) in [5.74, 6) is 5.81. The largest absolute Gasteiger partial charge is 0.497 e. The van der Waals surface area contributed by atoms with Crippen LogP contribution in [0.5, 0.6) is 5.75 Å². The first-order chi connectivity index (χ1) is 9.74. The number of amides is 1. The van der Waals surface area contributed by atoms with E-state index in [-0.39, 0.29) is 12.5 Å². The summed E-state index contributed by atoms with van der Waals surface area (Å²) in [5.41, 5.74) is 1.31. The van der Waals surface area contributed by atoms with Gasteiger partial charge < -0.3 is 15.2 Å². The Morgan fingerprint density at radius 3 is 2.75 bits per heavy atom. The fraction of sp³-hybridized carbons (Fsp3) is 0.133. The van der Waals surface area contributed by atoms with Gasteiger partial charge in [-0.05, 0) is 35.7 Å². The number of hydrogen-bond donors (Lipinski definition) is 2. The molecule has 1 aromatic heterocycles. The van der Waals surface area contributed by atoms with Gasteiger partial charge in [0.1, 0.15) is 17.2 Å². The zero-order valence-electron chi connectivity index (χ0n) is 10.8. The normalized spacial score (nSPS) is 9.50.